The number of hydrogen-bond donors (Lipinski definition) is 2. The number of hydrogen-bond acceptors (Lipinski definition) is 6. The molecule has 3 heterocycles. The lowest BCUT2D eigenvalue weighted by atomic mass is 10.1. The van der Waals surface area contributed by atoms with Crippen molar-refractivity contribution in [1.82, 2.24) is 19.1 Å². The third-order valence-electron chi connectivity index (χ3n) is 5.38. The van der Waals surface area contributed by atoms with Gasteiger partial charge in [-0.2, -0.15) is 9.97 Å². The van der Waals surface area contributed by atoms with Crippen molar-refractivity contribution in [3.05, 3.63) is 57.9 Å². The van der Waals surface area contributed by atoms with Gasteiger partial charge in [-0.3, -0.25) is 9.36 Å². The Hall–Kier alpha value is -2.84. The van der Waals surface area contributed by atoms with Gasteiger partial charge >= 0.3 is 0 Å². The molecule has 0 saturated carbocycles. The van der Waals surface area contributed by atoms with Gasteiger partial charge in [-0.1, -0.05) is 48.0 Å². The average Bonchev–Trinajstić information content (AvgIpc) is 3.13. The highest BCUT2D eigenvalue weighted by molar-refractivity contribution is 6.25. The Balaban J connectivity index is 1.75. The summed E-state index contributed by atoms with van der Waals surface area (Å²) in [6, 6.07) is 10.1. The van der Waals surface area contributed by atoms with E-state index in [1.165, 1.54) is 10.1 Å². The summed E-state index contributed by atoms with van der Waals surface area (Å²) in [5, 5.41) is 3.25. The van der Waals surface area contributed by atoms with E-state index in [4.69, 9.17) is 22.3 Å². The van der Waals surface area contributed by atoms with E-state index >= 15 is 0 Å². The van der Waals surface area contributed by atoms with Crippen LogP contribution in [-0.4, -0.2) is 38.2 Å². The topological polar surface area (TPSA) is 94.0 Å². The van der Waals surface area contributed by atoms with Crippen LogP contribution in [0.1, 0.15) is 18.4 Å². The fraction of sp³-hybridized carbons (Fsp3) is 0.381. The molecule has 158 valence electrons. The summed E-state index contributed by atoms with van der Waals surface area (Å²) in [7, 11) is 1.72. The first-order valence-corrected chi connectivity index (χ1v) is 10.5. The predicted octanol–water partition coefficient (Wildman–Crippen LogP) is 2.42. The number of anilines is 2. The van der Waals surface area contributed by atoms with Crippen LogP contribution in [0.3, 0.4) is 0 Å². The first kappa shape index (κ1) is 20.4. The number of nitrogens with one attached hydrogen (secondary N) is 1. The van der Waals surface area contributed by atoms with Gasteiger partial charge in [-0.05, 0) is 18.4 Å². The van der Waals surface area contributed by atoms with Crippen LogP contribution in [0.2, 0.25) is 0 Å². The van der Waals surface area contributed by atoms with Crippen molar-refractivity contribution in [2.75, 3.05) is 23.3 Å². The van der Waals surface area contributed by atoms with Crippen LogP contribution >= 0.6 is 11.6 Å². The molecular formula is C21H26ClN7O. The van der Waals surface area contributed by atoms with E-state index in [1.807, 2.05) is 34.9 Å². The summed E-state index contributed by atoms with van der Waals surface area (Å²) in [5.74, 6) is 1.19. The molecule has 2 aromatic heterocycles. The summed E-state index contributed by atoms with van der Waals surface area (Å²) >= 11 is 5.77. The first-order valence-electron chi connectivity index (χ1n) is 10.1. The first-order chi connectivity index (χ1) is 14.6. The molecule has 0 amide bonds. The van der Waals surface area contributed by atoms with Crippen LogP contribution in [0.25, 0.3) is 11.2 Å². The van der Waals surface area contributed by atoms with Crippen LogP contribution in [0, 0.1) is 0 Å². The molecule has 1 aromatic carbocycles. The van der Waals surface area contributed by atoms with Crippen LogP contribution in [-0.2, 0) is 20.1 Å². The number of fused-ring (bicyclic) bond motifs is 1. The number of piperidine rings is 1. The second-order valence-electron chi connectivity index (χ2n) is 7.54. The minimum absolute atomic E-state index is 0.0921. The number of allylic oxidation sites excluding steroid dienone is 1. The Morgan fingerprint density at radius 3 is 2.83 bits per heavy atom. The fourth-order valence-electron chi connectivity index (χ4n) is 3.83. The molecule has 1 atom stereocenters. The van der Waals surface area contributed by atoms with Gasteiger partial charge < -0.3 is 20.5 Å². The van der Waals surface area contributed by atoms with Crippen LogP contribution in [0.15, 0.2) is 46.7 Å². The smallest absolute Gasteiger partial charge is 0.281 e. The standard InChI is InChI=1S/C21H26ClN7O/c1-27-19(30)17-18(25-20(27)24-13-15-7-3-2-4-8-15)26-21(29(17)12-6-10-22)28-11-5-9-16(23)14-28/h2-4,6-8,10,16H,5,9,11-14,23H2,1H3,(H,24,25). The molecule has 8 nitrogen and oxygen atoms in total. The van der Waals surface area contributed by atoms with E-state index in [0.29, 0.717) is 42.7 Å². The van der Waals surface area contributed by atoms with Crippen molar-refractivity contribution in [2.45, 2.75) is 32.0 Å². The number of aromatic nitrogens is 4. The third-order valence-corrected chi connectivity index (χ3v) is 5.56. The molecule has 30 heavy (non-hydrogen) atoms. The maximum Gasteiger partial charge on any atom is 0.281 e. The molecule has 9 heteroatoms. The van der Waals surface area contributed by atoms with Gasteiger partial charge in [-0.15, -0.1) is 0 Å². The number of nitrogens with zero attached hydrogens (tertiary/aromatic N) is 5. The van der Waals surface area contributed by atoms with Crippen LogP contribution in [0.5, 0.6) is 0 Å². The molecule has 3 N–H and O–H groups in total. The molecule has 1 fully saturated rings. The highest BCUT2D eigenvalue weighted by atomic mass is 35.5. The monoisotopic (exact) mass is 427 g/mol. The molecule has 1 aliphatic rings. The average molecular weight is 428 g/mol. The van der Waals surface area contributed by atoms with Crippen molar-refractivity contribution in [3.63, 3.8) is 0 Å². The highest BCUT2D eigenvalue weighted by Gasteiger charge is 2.25. The van der Waals surface area contributed by atoms with Crippen LogP contribution < -0.4 is 21.5 Å². The summed E-state index contributed by atoms with van der Waals surface area (Å²) in [5.41, 5.74) is 9.46. The maximum atomic E-state index is 13.2. The molecule has 1 saturated heterocycles. The molecule has 0 radical (unpaired) electrons. The zero-order valence-corrected chi connectivity index (χ0v) is 17.7. The van der Waals surface area contributed by atoms with E-state index in [1.54, 1.807) is 13.1 Å². The number of rotatable bonds is 6. The zero-order chi connectivity index (χ0) is 21.1. The Morgan fingerprint density at radius 2 is 2.10 bits per heavy atom. The van der Waals surface area contributed by atoms with Crippen LogP contribution in [0.4, 0.5) is 11.9 Å². The molecule has 0 aliphatic carbocycles. The highest BCUT2D eigenvalue weighted by Crippen LogP contribution is 2.23. The van der Waals surface area contributed by atoms with Crippen molar-refractivity contribution in [2.24, 2.45) is 12.8 Å². The van der Waals surface area contributed by atoms with Gasteiger partial charge in [0.1, 0.15) is 0 Å². The van der Waals surface area contributed by atoms with Gasteiger partial charge in [0, 0.05) is 44.8 Å². The maximum absolute atomic E-state index is 13.2. The number of benzene rings is 1. The molecule has 1 unspecified atom stereocenters. The predicted molar refractivity (Wildman–Crippen MR) is 121 cm³/mol. The Morgan fingerprint density at radius 1 is 1.30 bits per heavy atom. The van der Waals surface area contributed by atoms with Crippen molar-refractivity contribution >= 4 is 34.7 Å². The van der Waals surface area contributed by atoms with Crippen molar-refractivity contribution in [3.8, 4) is 0 Å². The normalized spacial score (nSPS) is 17.2. The zero-order valence-electron chi connectivity index (χ0n) is 17.0. The largest absolute Gasteiger partial charge is 0.351 e. The number of imidazole rings is 1. The van der Waals surface area contributed by atoms with E-state index in [2.05, 4.69) is 15.2 Å². The molecule has 4 rings (SSSR count). The molecule has 3 aromatic rings. The lowest BCUT2D eigenvalue weighted by Gasteiger charge is -2.31. The third kappa shape index (κ3) is 4.06. The minimum Gasteiger partial charge on any atom is -0.351 e. The van der Waals surface area contributed by atoms with Crippen molar-refractivity contribution in [1.29, 1.82) is 0 Å². The lowest BCUT2D eigenvalue weighted by Crippen LogP contribution is -2.44. The fourth-order valence-corrected chi connectivity index (χ4v) is 3.91. The Labute approximate surface area is 180 Å². The van der Waals surface area contributed by atoms with Crippen molar-refractivity contribution < 1.29 is 0 Å². The van der Waals surface area contributed by atoms with Gasteiger partial charge in [0.25, 0.3) is 5.56 Å². The Kier molecular flexibility index (Phi) is 6.06. The quantitative estimate of drug-likeness (QED) is 0.627. The van der Waals surface area contributed by atoms with Gasteiger partial charge in [0.05, 0.1) is 0 Å². The molecule has 0 bridgehead atoms. The number of nitrogens with two attached hydrogens (primary N) is 1. The van der Waals surface area contributed by atoms with E-state index in [-0.39, 0.29) is 11.6 Å². The Bertz CT molecular complexity index is 1110. The molecule has 1 aliphatic heterocycles. The summed E-state index contributed by atoms with van der Waals surface area (Å²) in [6.07, 6.45) is 3.77. The minimum atomic E-state index is -0.154. The summed E-state index contributed by atoms with van der Waals surface area (Å²) < 4.78 is 3.40. The van der Waals surface area contributed by atoms with E-state index in [0.717, 1.165) is 24.9 Å². The SMILES string of the molecule is Cn1c(NCc2ccccc2)nc2nc(N3CCCC(N)C3)n(CC=CCl)c2c1=O. The van der Waals surface area contributed by atoms with Gasteiger partial charge in [0.2, 0.25) is 11.9 Å². The second kappa shape index (κ2) is 8.89. The molecule has 0 spiro atoms. The summed E-state index contributed by atoms with van der Waals surface area (Å²) in [6.45, 7) is 2.55. The van der Waals surface area contributed by atoms with E-state index < -0.39 is 0 Å². The van der Waals surface area contributed by atoms with E-state index in [9.17, 15) is 4.79 Å². The molecular weight excluding hydrogens is 402 g/mol. The van der Waals surface area contributed by atoms with Gasteiger partial charge in [0.15, 0.2) is 11.2 Å². The second-order valence-corrected chi connectivity index (χ2v) is 7.80. The number of halogens is 1. The van der Waals surface area contributed by atoms with Gasteiger partial charge in [-0.25, -0.2) is 0 Å². The summed E-state index contributed by atoms with van der Waals surface area (Å²) in [4.78, 5) is 24.8. The lowest BCUT2D eigenvalue weighted by molar-refractivity contribution is 0.495.